The van der Waals surface area contributed by atoms with Gasteiger partial charge in [0, 0.05) is 12.4 Å². The predicted molar refractivity (Wildman–Crippen MR) is 65.2 cm³/mol. The quantitative estimate of drug-likeness (QED) is 0.597. The number of halogens is 1. The lowest BCUT2D eigenvalue weighted by Crippen LogP contribution is -2.41. The minimum atomic E-state index is 0.491. The second kappa shape index (κ2) is 4.33. The second-order valence-electron chi connectivity index (χ2n) is 3.36. The van der Waals surface area contributed by atoms with Crippen molar-refractivity contribution in [3.8, 4) is 0 Å². The van der Waals surface area contributed by atoms with Crippen molar-refractivity contribution >= 4 is 23.0 Å². The molecule has 4 N–H and O–H groups in total. The van der Waals surface area contributed by atoms with Gasteiger partial charge in [-0.2, -0.15) is 0 Å². The third-order valence-electron chi connectivity index (χ3n) is 2.32. The lowest BCUT2D eigenvalue weighted by Gasteiger charge is -2.04. The molecule has 0 aliphatic heterocycles. The van der Waals surface area contributed by atoms with Crippen LogP contribution in [0.5, 0.6) is 0 Å². The predicted octanol–water partition coefficient (Wildman–Crippen LogP) is 0.914. The molecule has 3 nitrogen and oxygen atoms in total. The highest BCUT2D eigenvalue weighted by molar-refractivity contribution is 6.34. The summed E-state index contributed by atoms with van der Waals surface area (Å²) in [5, 5.41) is 6.53. The minimum absolute atomic E-state index is 0.491. The third-order valence-corrected chi connectivity index (χ3v) is 2.65. The number of hydrogen-bond acceptors (Lipinski definition) is 2. The number of para-hydroxylation sites is 1. The third kappa shape index (κ3) is 1.90. The highest BCUT2D eigenvalue weighted by Gasteiger charge is 2.14. The highest BCUT2D eigenvalue weighted by Crippen LogP contribution is 2.23. The zero-order chi connectivity index (χ0) is 11.5. The van der Waals surface area contributed by atoms with Crippen molar-refractivity contribution in [3.63, 3.8) is 0 Å². The van der Waals surface area contributed by atoms with E-state index in [9.17, 15) is 0 Å². The molecule has 80 valence electrons. The smallest absolute Gasteiger partial charge is 0.214 e. The molecule has 1 aromatic heterocycles. The molecule has 0 radical (unpaired) electrons. The normalized spacial score (nSPS) is 10.1. The van der Waals surface area contributed by atoms with E-state index in [1.807, 2.05) is 24.3 Å². The van der Waals surface area contributed by atoms with Crippen LogP contribution in [0, 0.1) is 0 Å². The Bertz CT molecular complexity index is 523. The number of aromatic nitrogens is 1. The molecule has 0 amide bonds. The van der Waals surface area contributed by atoms with Gasteiger partial charge >= 0.3 is 0 Å². The van der Waals surface area contributed by atoms with E-state index >= 15 is 0 Å². The largest absolute Gasteiger partial charge is 0.397 e. The first kappa shape index (κ1) is 10.6. The maximum absolute atomic E-state index is 6.02. The van der Waals surface area contributed by atoms with Crippen LogP contribution in [0.1, 0.15) is 11.1 Å². The summed E-state index contributed by atoms with van der Waals surface area (Å²) >= 11 is 5.94. The molecular weight excluding hydrogens is 222 g/mol. The summed E-state index contributed by atoms with van der Waals surface area (Å²) in [5.41, 5.74) is 8.50. The fraction of sp³-hybridized carbons (Fsp3) is 0. The second-order valence-corrected chi connectivity index (χ2v) is 3.76. The van der Waals surface area contributed by atoms with Crippen LogP contribution in [0.3, 0.4) is 0 Å². The van der Waals surface area contributed by atoms with E-state index in [1.165, 1.54) is 0 Å². The maximum Gasteiger partial charge on any atom is 0.214 e. The van der Waals surface area contributed by atoms with Gasteiger partial charge in [-0.05, 0) is 24.3 Å². The molecule has 4 heteroatoms. The van der Waals surface area contributed by atoms with Crippen molar-refractivity contribution in [3.05, 3.63) is 58.9 Å². The van der Waals surface area contributed by atoms with Crippen LogP contribution < -0.4 is 11.1 Å². The lowest BCUT2D eigenvalue weighted by atomic mass is 10.0. The number of nitrogens with two attached hydrogens (primary N) is 2. The zero-order valence-corrected chi connectivity index (χ0v) is 9.28. The zero-order valence-electron chi connectivity index (χ0n) is 8.52. The number of anilines is 1. The molecule has 1 heterocycles. The molecule has 0 atom stereocenters. The Balaban J connectivity index is 2.46. The molecule has 0 spiro atoms. The molecule has 0 aliphatic carbocycles. The number of nitrogen functional groups attached to an aromatic ring is 1. The van der Waals surface area contributed by atoms with Crippen LogP contribution in [0.25, 0.3) is 0 Å². The number of benzene rings is 1. The van der Waals surface area contributed by atoms with Gasteiger partial charge in [0.25, 0.3) is 0 Å². The van der Waals surface area contributed by atoms with Gasteiger partial charge in [0.1, 0.15) is 0 Å². The Kier molecular flexibility index (Phi) is 2.88. The van der Waals surface area contributed by atoms with Gasteiger partial charge in [-0.1, -0.05) is 17.7 Å². The first-order valence-electron chi connectivity index (χ1n) is 4.77. The molecule has 16 heavy (non-hydrogen) atoms. The topological polar surface area (TPSA) is 64.5 Å². The summed E-state index contributed by atoms with van der Waals surface area (Å²) in [5.74, 6) is 0. The maximum atomic E-state index is 6.02. The number of hydrogen-bond donors (Lipinski definition) is 2. The number of nitrogens with zero attached hydrogens (tertiary/aromatic N) is 1. The van der Waals surface area contributed by atoms with Crippen molar-refractivity contribution in [2.45, 2.75) is 0 Å². The molecule has 2 rings (SSSR count). The Morgan fingerprint density at radius 1 is 1.25 bits per heavy atom. The molecule has 0 saturated carbocycles. The molecular formula is C12H11ClN3+. The van der Waals surface area contributed by atoms with Crippen LogP contribution in [0.15, 0.2) is 42.7 Å². The lowest BCUT2D eigenvalue weighted by molar-refractivity contribution is -0.111. The Hall–Kier alpha value is -1.87. The number of rotatable bonds is 2. The van der Waals surface area contributed by atoms with Crippen molar-refractivity contribution in [1.82, 2.24) is 4.98 Å². The van der Waals surface area contributed by atoms with Crippen LogP contribution in [0.2, 0.25) is 5.02 Å². The SMILES string of the molecule is Nc1c(Cl)cccc1C(=[NH2+])c1cccnc1. The summed E-state index contributed by atoms with van der Waals surface area (Å²) in [6.07, 6.45) is 3.38. The van der Waals surface area contributed by atoms with E-state index in [-0.39, 0.29) is 0 Å². The van der Waals surface area contributed by atoms with Gasteiger partial charge in [-0.25, -0.2) is 0 Å². The van der Waals surface area contributed by atoms with E-state index in [0.717, 1.165) is 11.1 Å². The summed E-state index contributed by atoms with van der Waals surface area (Å²) in [4.78, 5) is 4.01. The van der Waals surface area contributed by atoms with Gasteiger partial charge in [-0.3, -0.25) is 10.4 Å². The highest BCUT2D eigenvalue weighted by atomic mass is 35.5. The van der Waals surface area contributed by atoms with Crippen LogP contribution in [-0.4, -0.2) is 10.7 Å². The average molecular weight is 233 g/mol. The summed E-state index contributed by atoms with van der Waals surface area (Å²) in [7, 11) is 0. The molecule has 0 unspecified atom stereocenters. The Morgan fingerprint density at radius 2 is 2.06 bits per heavy atom. The van der Waals surface area contributed by atoms with Crippen molar-refractivity contribution in [1.29, 1.82) is 0 Å². The van der Waals surface area contributed by atoms with Crippen molar-refractivity contribution in [2.24, 2.45) is 0 Å². The van der Waals surface area contributed by atoms with Gasteiger partial charge in [-0.15, -0.1) is 0 Å². The van der Waals surface area contributed by atoms with Crippen molar-refractivity contribution < 1.29 is 5.41 Å². The van der Waals surface area contributed by atoms with Crippen molar-refractivity contribution in [2.75, 3.05) is 5.73 Å². The first-order valence-corrected chi connectivity index (χ1v) is 5.15. The summed E-state index contributed by atoms with van der Waals surface area (Å²) in [6, 6.07) is 9.09. The van der Waals surface area contributed by atoms with E-state index in [4.69, 9.17) is 22.7 Å². The summed E-state index contributed by atoms with van der Waals surface area (Å²) in [6.45, 7) is 0. The molecule has 0 fully saturated rings. The fourth-order valence-electron chi connectivity index (χ4n) is 1.45. The minimum Gasteiger partial charge on any atom is -0.397 e. The Labute approximate surface area is 98.4 Å². The fourth-order valence-corrected chi connectivity index (χ4v) is 1.62. The van der Waals surface area contributed by atoms with E-state index in [1.54, 1.807) is 18.5 Å². The molecule has 0 saturated heterocycles. The average Bonchev–Trinajstić information content (AvgIpc) is 2.33. The van der Waals surface area contributed by atoms with Gasteiger partial charge in [0.2, 0.25) is 5.71 Å². The number of pyridine rings is 1. The van der Waals surface area contributed by atoms with Crippen LogP contribution >= 0.6 is 11.6 Å². The standard InChI is InChI=1S/C12H10ClN3/c13-10-5-1-4-9(12(10)15)11(14)8-3-2-6-16-7-8/h1-7,14H,15H2/p+1. The van der Waals surface area contributed by atoms with E-state index in [2.05, 4.69) is 4.98 Å². The monoisotopic (exact) mass is 232 g/mol. The van der Waals surface area contributed by atoms with Gasteiger partial charge in [0.05, 0.1) is 21.8 Å². The van der Waals surface area contributed by atoms with E-state index < -0.39 is 0 Å². The molecule has 0 aliphatic rings. The molecule has 0 bridgehead atoms. The van der Waals surface area contributed by atoms with Crippen LogP contribution in [0.4, 0.5) is 5.69 Å². The van der Waals surface area contributed by atoms with Gasteiger partial charge in [0.15, 0.2) is 0 Å². The Morgan fingerprint density at radius 3 is 2.75 bits per heavy atom. The first-order chi connectivity index (χ1) is 7.70. The molecule has 2 aromatic rings. The van der Waals surface area contributed by atoms with Crippen LogP contribution in [-0.2, 0) is 0 Å². The van der Waals surface area contributed by atoms with E-state index in [0.29, 0.717) is 16.4 Å². The summed E-state index contributed by atoms with van der Waals surface area (Å²) < 4.78 is 0. The van der Waals surface area contributed by atoms with Gasteiger partial charge < -0.3 is 5.73 Å². The molecule has 1 aromatic carbocycles.